The molecule has 1 aliphatic rings. The van der Waals surface area contributed by atoms with Crippen molar-refractivity contribution in [3.05, 3.63) is 18.0 Å². The summed E-state index contributed by atoms with van der Waals surface area (Å²) in [4.78, 5) is 0. The van der Waals surface area contributed by atoms with Crippen LogP contribution in [-0.2, 0) is 11.3 Å². The van der Waals surface area contributed by atoms with Gasteiger partial charge in [0.15, 0.2) is 0 Å². The molecule has 2 atom stereocenters. The Morgan fingerprint density at radius 2 is 2.53 bits per heavy atom. The van der Waals surface area contributed by atoms with Gasteiger partial charge in [-0.05, 0) is 26.3 Å². The van der Waals surface area contributed by atoms with Crippen molar-refractivity contribution in [3.63, 3.8) is 0 Å². The summed E-state index contributed by atoms with van der Waals surface area (Å²) in [6.45, 7) is 4.53. The Morgan fingerprint density at radius 1 is 1.67 bits per heavy atom. The fraction of sp³-hybridized carbons (Fsp3) is 0.727. The summed E-state index contributed by atoms with van der Waals surface area (Å²) >= 11 is 0. The molecule has 0 aliphatic carbocycles. The summed E-state index contributed by atoms with van der Waals surface area (Å²) in [6.07, 6.45) is 6.42. The predicted octanol–water partition coefficient (Wildman–Crippen LogP) is 1.33. The molecule has 2 N–H and O–H groups in total. The van der Waals surface area contributed by atoms with Crippen molar-refractivity contribution in [3.8, 4) is 0 Å². The molecule has 15 heavy (non-hydrogen) atoms. The second-order valence-corrected chi connectivity index (χ2v) is 4.06. The van der Waals surface area contributed by atoms with E-state index in [0.29, 0.717) is 12.5 Å². The summed E-state index contributed by atoms with van der Waals surface area (Å²) in [5, 5.41) is 4.27. The van der Waals surface area contributed by atoms with E-state index in [1.54, 1.807) is 0 Å². The SMILES string of the molecule is CCn1cc([C@@H]2OCCC[C@H]2CN)cn1. The zero-order valence-electron chi connectivity index (χ0n) is 9.22. The molecular weight excluding hydrogens is 190 g/mol. The summed E-state index contributed by atoms with van der Waals surface area (Å²) in [5.74, 6) is 0.452. The lowest BCUT2D eigenvalue weighted by molar-refractivity contribution is -0.0252. The van der Waals surface area contributed by atoms with Gasteiger partial charge in [0, 0.05) is 30.8 Å². The van der Waals surface area contributed by atoms with Crippen LogP contribution in [0.5, 0.6) is 0 Å². The van der Waals surface area contributed by atoms with Gasteiger partial charge in [0.2, 0.25) is 0 Å². The zero-order valence-corrected chi connectivity index (χ0v) is 9.22. The molecule has 1 aromatic heterocycles. The first-order chi connectivity index (χ1) is 7.35. The van der Waals surface area contributed by atoms with Crippen LogP contribution in [0, 0.1) is 5.92 Å². The van der Waals surface area contributed by atoms with Crippen molar-refractivity contribution >= 4 is 0 Å². The van der Waals surface area contributed by atoms with Gasteiger partial charge < -0.3 is 10.5 Å². The maximum Gasteiger partial charge on any atom is 0.0895 e. The van der Waals surface area contributed by atoms with Crippen molar-refractivity contribution in [1.29, 1.82) is 0 Å². The summed E-state index contributed by atoms with van der Waals surface area (Å²) in [6, 6.07) is 0. The van der Waals surface area contributed by atoms with E-state index in [1.807, 2.05) is 10.9 Å². The first-order valence-electron chi connectivity index (χ1n) is 5.69. The lowest BCUT2D eigenvalue weighted by Gasteiger charge is -2.30. The Kier molecular flexibility index (Phi) is 3.38. The Balaban J connectivity index is 2.12. The van der Waals surface area contributed by atoms with E-state index < -0.39 is 0 Å². The van der Waals surface area contributed by atoms with E-state index >= 15 is 0 Å². The Bertz CT molecular complexity index is 311. The van der Waals surface area contributed by atoms with Crippen molar-refractivity contribution in [2.24, 2.45) is 11.7 Å². The van der Waals surface area contributed by atoms with Crippen LogP contribution in [-0.4, -0.2) is 22.9 Å². The van der Waals surface area contributed by atoms with Gasteiger partial charge in [0.25, 0.3) is 0 Å². The number of hydrogen-bond donors (Lipinski definition) is 1. The molecule has 0 aromatic carbocycles. The molecule has 1 aromatic rings. The van der Waals surface area contributed by atoms with Gasteiger partial charge in [-0.1, -0.05) is 0 Å². The predicted molar refractivity (Wildman–Crippen MR) is 58.4 cm³/mol. The van der Waals surface area contributed by atoms with Crippen LogP contribution in [0.2, 0.25) is 0 Å². The van der Waals surface area contributed by atoms with E-state index in [9.17, 15) is 0 Å². The van der Waals surface area contributed by atoms with Crippen LogP contribution >= 0.6 is 0 Å². The molecule has 2 heterocycles. The van der Waals surface area contributed by atoms with Crippen LogP contribution in [0.25, 0.3) is 0 Å². The topological polar surface area (TPSA) is 53.1 Å². The van der Waals surface area contributed by atoms with Gasteiger partial charge >= 0.3 is 0 Å². The number of nitrogens with two attached hydrogens (primary N) is 1. The third kappa shape index (κ3) is 2.21. The van der Waals surface area contributed by atoms with Crippen LogP contribution in [0.4, 0.5) is 0 Å². The van der Waals surface area contributed by atoms with Gasteiger partial charge in [-0.25, -0.2) is 0 Å². The molecule has 4 nitrogen and oxygen atoms in total. The first kappa shape index (κ1) is 10.6. The highest BCUT2D eigenvalue weighted by Crippen LogP contribution is 2.32. The van der Waals surface area contributed by atoms with Crippen LogP contribution in [0.1, 0.15) is 31.4 Å². The van der Waals surface area contributed by atoms with Crippen LogP contribution < -0.4 is 5.73 Å². The summed E-state index contributed by atoms with van der Waals surface area (Å²) < 4.78 is 7.72. The van der Waals surface area contributed by atoms with Gasteiger partial charge in [-0.3, -0.25) is 4.68 Å². The highest BCUT2D eigenvalue weighted by Gasteiger charge is 2.27. The number of hydrogen-bond acceptors (Lipinski definition) is 3. The van der Waals surface area contributed by atoms with Gasteiger partial charge in [0.1, 0.15) is 0 Å². The lowest BCUT2D eigenvalue weighted by Crippen LogP contribution is -2.28. The summed E-state index contributed by atoms with van der Waals surface area (Å²) in [5.41, 5.74) is 6.94. The highest BCUT2D eigenvalue weighted by molar-refractivity contribution is 5.10. The lowest BCUT2D eigenvalue weighted by atomic mass is 9.91. The molecule has 0 radical (unpaired) electrons. The molecule has 0 spiro atoms. The molecular formula is C11H19N3O. The smallest absolute Gasteiger partial charge is 0.0895 e. The Labute approximate surface area is 90.4 Å². The molecule has 0 saturated carbocycles. The van der Waals surface area contributed by atoms with Crippen LogP contribution in [0.15, 0.2) is 12.4 Å². The molecule has 1 fully saturated rings. The van der Waals surface area contributed by atoms with Gasteiger partial charge in [-0.15, -0.1) is 0 Å². The molecule has 1 saturated heterocycles. The Morgan fingerprint density at radius 3 is 3.20 bits per heavy atom. The van der Waals surface area contributed by atoms with E-state index in [4.69, 9.17) is 10.5 Å². The van der Waals surface area contributed by atoms with Crippen LogP contribution in [0.3, 0.4) is 0 Å². The minimum atomic E-state index is 0.157. The van der Waals surface area contributed by atoms with E-state index in [2.05, 4.69) is 18.2 Å². The number of aryl methyl sites for hydroxylation is 1. The van der Waals surface area contributed by atoms with Gasteiger partial charge in [-0.2, -0.15) is 5.10 Å². The number of ether oxygens (including phenoxy) is 1. The fourth-order valence-corrected chi connectivity index (χ4v) is 2.15. The fourth-order valence-electron chi connectivity index (χ4n) is 2.15. The summed E-state index contributed by atoms with van der Waals surface area (Å²) in [7, 11) is 0. The minimum absolute atomic E-state index is 0.157. The quantitative estimate of drug-likeness (QED) is 0.817. The first-order valence-corrected chi connectivity index (χ1v) is 5.69. The molecule has 1 aliphatic heterocycles. The molecule has 2 rings (SSSR count). The van der Waals surface area contributed by atoms with Crippen molar-refractivity contribution in [2.45, 2.75) is 32.4 Å². The molecule has 4 heteroatoms. The Hall–Kier alpha value is -0.870. The molecule has 0 unspecified atom stereocenters. The largest absolute Gasteiger partial charge is 0.373 e. The number of nitrogens with zero attached hydrogens (tertiary/aromatic N) is 2. The van der Waals surface area contributed by atoms with Crippen molar-refractivity contribution in [2.75, 3.05) is 13.2 Å². The van der Waals surface area contributed by atoms with Crippen molar-refractivity contribution < 1.29 is 4.74 Å². The second-order valence-electron chi connectivity index (χ2n) is 4.06. The monoisotopic (exact) mass is 209 g/mol. The van der Waals surface area contributed by atoms with E-state index in [0.717, 1.165) is 19.6 Å². The standard InChI is InChI=1S/C11H19N3O/c1-2-14-8-10(7-13-14)11-9(6-12)4-3-5-15-11/h7-9,11H,2-6,12H2,1H3/t9-,11+/m0/s1. The maximum absolute atomic E-state index is 5.79. The third-order valence-corrected chi connectivity index (χ3v) is 3.05. The van der Waals surface area contributed by atoms with E-state index in [-0.39, 0.29) is 6.10 Å². The average molecular weight is 209 g/mol. The number of aromatic nitrogens is 2. The normalized spacial score (nSPS) is 26.8. The van der Waals surface area contributed by atoms with Gasteiger partial charge in [0.05, 0.1) is 12.3 Å². The molecule has 0 amide bonds. The molecule has 0 bridgehead atoms. The van der Waals surface area contributed by atoms with E-state index in [1.165, 1.54) is 12.0 Å². The second kappa shape index (κ2) is 4.77. The zero-order chi connectivity index (χ0) is 10.7. The average Bonchev–Trinajstić information content (AvgIpc) is 2.77. The number of rotatable bonds is 3. The molecule has 84 valence electrons. The third-order valence-electron chi connectivity index (χ3n) is 3.05. The highest BCUT2D eigenvalue weighted by atomic mass is 16.5. The van der Waals surface area contributed by atoms with Crippen molar-refractivity contribution in [1.82, 2.24) is 9.78 Å². The maximum atomic E-state index is 5.79. The minimum Gasteiger partial charge on any atom is -0.373 e.